The molecule has 0 aliphatic carbocycles. The van der Waals surface area contributed by atoms with Crippen LogP contribution in [0.25, 0.3) is 0 Å². The Morgan fingerprint density at radius 2 is 2.05 bits per heavy atom. The molecule has 0 bridgehead atoms. The van der Waals surface area contributed by atoms with Crippen molar-refractivity contribution in [1.82, 2.24) is 10.2 Å². The lowest BCUT2D eigenvalue weighted by molar-refractivity contribution is 0.133. The number of hydrogen-bond donors (Lipinski definition) is 1. The van der Waals surface area contributed by atoms with Gasteiger partial charge in [-0.05, 0) is 24.8 Å². The average Bonchev–Trinajstić information content (AvgIpc) is 2.38. The highest BCUT2D eigenvalue weighted by molar-refractivity contribution is 5.21. The van der Waals surface area contributed by atoms with Crippen molar-refractivity contribution in [2.75, 3.05) is 19.6 Å². The zero-order valence-corrected chi connectivity index (χ0v) is 13.1. The van der Waals surface area contributed by atoms with Gasteiger partial charge in [0, 0.05) is 31.7 Å². The number of nitrogens with zero attached hydrogens (tertiary/aromatic N) is 1. The third kappa shape index (κ3) is 4.19. The van der Waals surface area contributed by atoms with E-state index in [1.807, 2.05) is 0 Å². The molecule has 1 aromatic rings. The summed E-state index contributed by atoms with van der Waals surface area (Å²) in [4.78, 5) is 2.58. The standard InChI is InChI=1S/C18H28N2/c1-14(2)10-17-13-20(12-15(3)4)18(11-19-17)16-8-6-5-7-9-16/h5-9,14,17-19H,3,10-13H2,1-2,4H3. The van der Waals surface area contributed by atoms with Crippen molar-refractivity contribution in [2.24, 2.45) is 5.92 Å². The predicted molar refractivity (Wildman–Crippen MR) is 86.8 cm³/mol. The van der Waals surface area contributed by atoms with E-state index in [2.05, 4.69) is 67.9 Å². The Morgan fingerprint density at radius 1 is 1.35 bits per heavy atom. The molecule has 1 aromatic carbocycles. The summed E-state index contributed by atoms with van der Waals surface area (Å²) < 4.78 is 0. The van der Waals surface area contributed by atoms with Crippen molar-refractivity contribution in [3.63, 3.8) is 0 Å². The minimum absolute atomic E-state index is 0.469. The second-order valence-electron chi connectivity index (χ2n) is 6.55. The van der Waals surface area contributed by atoms with Crippen molar-refractivity contribution >= 4 is 0 Å². The summed E-state index contributed by atoms with van der Waals surface area (Å²) in [6, 6.07) is 11.9. The zero-order valence-electron chi connectivity index (χ0n) is 13.1. The van der Waals surface area contributed by atoms with Crippen LogP contribution >= 0.6 is 0 Å². The van der Waals surface area contributed by atoms with Gasteiger partial charge < -0.3 is 5.32 Å². The van der Waals surface area contributed by atoms with Gasteiger partial charge in [0.05, 0.1) is 0 Å². The largest absolute Gasteiger partial charge is 0.311 e. The first-order valence-electron chi connectivity index (χ1n) is 7.73. The van der Waals surface area contributed by atoms with Crippen molar-refractivity contribution in [2.45, 2.75) is 39.3 Å². The monoisotopic (exact) mass is 272 g/mol. The van der Waals surface area contributed by atoms with Crippen LogP contribution in [0.4, 0.5) is 0 Å². The summed E-state index contributed by atoms with van der Waals surface area (Å²) in [7, 11) is 0. The maximum Gasteiger partial charge on any atom is 0.0476 e. The number of piperazine rings is 1. The van der Waals surface area contributed by atoms with E-state index < -0.39 is 0 Å². The van der Waals surface area contributed by atoms with Gasteiger partial charge in [-0.3, -0.25) is 4.90 Å². The first-order valence-corrected chi connectivity index (χ1v) is 7.73. The van der Waals surface area contributed by atoms with Crippen LogP contribution in [0.15, 0.2) is 42.5 Å². The Balaban J connectivity index is 2.09. The maximum absolute atomic E-state index is 4.10. The van der Waals surface area contributed by atoms with E-state index in [-0.39, 0.29) is 0 Å². The highest BCUT2D eigenvalue weighted by Crippen LogP contribution is 2.25. The average molecular weight is 272 g/mol. The molecule has 2 unspecified atom stereocenters. The van der Waals surface area contributed by atoms with E-state index in [4.69, 9.17) is 0 Å². The SMILES string of the molecule is C=C(C)CN1CC(CC(C)C)NCC1c1ccccc1. The van der Waals surface area contributed by atoms with Crippen LogP contribution in [0.1, 0.15) is 38.8 Å². The molecule has 2 atom stereocenters. The molecular weight excluding hydrogens is 244 g/mol. The first-order chi connectivity index (χ1) is 9.56. The lowest BCUT2D eigenvalue weighted by atomic mass is 9.96. The van der Waals surface area contributed by atoms with Gasteiger partial charge in [0.15, 0.2) is 0 Å². The smallest absolute Gasteiger partial charge is 0.0476 e. The molecule has 1 aliphatic heterocycles. The van der Waals surface area contributed by atoms with Crippen LogP contribution in [0.2, 0.25) is 0 Å². The van der Waals surface area contributed by atoms with Gasteiger partial charge in [-0.25, -0.2) is 0 Å². The highest BCUT2D eigenvalue weighted by atomic mass is 15.2. The maximum atomic E-state index is 4.10. The molecule has 0 saturated carbocycles. The van der Waals surface area contributed by atoms with Gasteiger partial charge in [-0.15, -0.1) is 0 Å². The van der Waals surface area contributed by atoms with E-state index in [9.17, 15) is 0 Å². The molecule has 1 heterocycles. The fourth-order valence-corrected chi connectivity index (χ4v) is 3.13. The first kappa shape index (κ1) is 15.3. The van der Waals surface area contributed by atoms with E-state index in [1.54, 1.807) is 0 Å². The molecule has 2 heteroatoms. The Morgan fingerprint density at radius 3 is 2.65 bits per heavy atom. The molecule has 1 fully saturated rings. The van der Waals surface area contributed by atoms with Gasteiger partial charge in [0.1, 0.15) is 0 Å². The van der Waals surface area contributed by atoms with Gasteiger partial charge in [-0.1, -0.05) is 56.3 Å². The van der Waals surface area contributed by atoms with Crippen molar-refractivity contribution in [3.8, 4) is 0 Å². The molecule has 1 aliphatic rings. The van der Waals surface area contributed by atoms with Crippen LogP contribution in [0.3, 0.4) is 0 Å². The highest BCUT2D eigenvalue weighted by Gasteiger charge is 2.28. The summed E-state index contributed by atoms with van der Waals surface area (Å²) in [6.45, 7) is 14.0. The van der Waals surface area contributed by atoms with Crippen molar-refractivity contribution in [1.29, 1.82) is 0 Å². The number of nitrogens with one attached hydrogen (secondary N) is 1. The fourth-order valence-electron chi connectivity index (χ4n) is 3.13. The molecule has 1 saturated heterocycles. The Kier molecular flexibility index (Phi) is 5.38. The second kappa shape index (κ2) is 7.05. The normalized spacial score (nSPS) is 24.0. The third-order valence-electron chi connectivity index (χ3n) is 3.91. The van der Waals surface area contributed by atoms with Gasteiger partial charge in [0.25, 0.3) is 0 Å². The van der Waals surface area contributed by atoms with Crippen LogP contribution in [0, 0.1) is 5.92 Å². The molecule has 0 radical (unpaired) electrons. The van der Waals surface area contributed by atoms with Crippen LogP contribution in [0.5, 0.6) is 0 Å². The topological polar surface area (TPSA) is 15.3 Å². The molecular formula is C18H28N2. The number of benzene rings is 1. The Bertz CT molecular complexity index is 424. The van der Waals surface area contributed by atoms with Crippen molar-refractivity contribution < 1.29 is 0 Å². The summed E-state index contributed by atoms with van der Waals surface area (Å²) in [6.07, 6.45) is 1.24. The Hall–Kier alpha value is -1.12. The molecule has 1 N–H and O–H groups in total. The number of rotatable bonds is 5. The van der Waals surface area contributed by atoms with Crippen LogP contribution < -0.4 is 5.32 Å². The molecule has 110 valence electrons. The van der Waals surface area contributed by atoms with Gasteiger partial charge >= 0.3 is 0 Å². The van der Waals surface area contributed by atoms with Crippen LogP contribution in [-0.4, -0.2) is 30.6 Å². The van der Waals surface area contributed by atoms with E-state index in [0.29, 0.717) is 12.1 Å². The molecule has 0 spiro atoms. The Labute approximate surface area is 123 Å². The third-order valence-corrected chi connectivity index (χ3v) is 3.91. The number of hydrogen-bond acceptors (Lipinski definition) is 2. The minimum Gasteiger partial charge on any atom is -0.311 e. The fraction of sp³-hybridized carbons (Fsp3) is 0.556. The molecule has 20 heavy (non-hydrogen) atoms. The lowest BCUT2D eigenvalue weighted by Gasteiger charge is -2.41. The minimum atomic E-state index is 0.469. The van der Waals surface area contributed by atoms with Crippen molar-refractivity contribution in [3.05, 3.63) is 48.0 Å². The summed E-state index contributed by atoms with van der Waals surface area (Å²) >= 11 is 0. The molecule has 2 nitrogen and oxygen atoms in total. The lowest BCUT2D eigenvalue weighted by Crippen LogP contribution is -2.52. The molecule has 2 rings (SSSR count). The molecule has 0 amide bonds. The van der Waals surface area contributed by atoms with Crippen LogP contribution in [-0.2, 0) is 0 Å². The van der Waals surface area contributed by atoms with Gasteiger partial charge in [0.2, 0.25) is 0 Å². The summed E-state index contributed by atoms with van der Waals surface area (Å²) in [5, 5.41) is 3.73. The van der Waals surface area contributed by atoms with E-state index in [0.717, 1.165) is 25.6 Å². The molecule has 0 aromatic heterocycles. The van der Waals surface area contributed by atoms with Gasteiger partial charge in [-0.2, -0.15) is 0 Å². The summed E-state index contributed by atoms with van der Waals surface area (Å²) in [5.41, 5.74) is 2.65. The zero-order chi connectivity index (χ0) is 14.5. The predicted octanol–water partition coefficient (Wildman–Crippen LogP) is 3.62. The summed E-state index contributed by atoms with van der Waals surface area (Å²) in [5.74, 6) is 0.743. The second-order valence-corrected chi connectivity index (χ2v) is 6.55. The quantitative estimate of drug-likeness (QED) is 0.824. The van der Waals surface area contributed by atoms with E-state index >= 15 is 0 Å². The van der Waals surface area contributed by atoms with E-state index in [1.165, 1.54) is 17.6 Å².